The van der Waals surface area contributed by atoms with Crippen molar-refractivity contribution in [3.63, 3.8) is 0 Å². The lowest BCUT2D eigenvalue weighted by Gasteiger charge is -2.06. The lowest BCUT2D eigenvalue weighted by atomic mass is 10.0. The lowest BCUT2D eigenvalue weighted by molar-refractivity contribution is 0.477. The Kier molecular flexibility index (Phi) is 5.46. The predicted octanol–water partition coefficient (Wildman–Crippen LogP) is 4.13. The van der Waals surface area contributed by atoms with Gasteiger partial charge in [-0.1, -0.05) is 36.1 Å². The largest absolute Gasteiger partial charge is 0.507 e. The van der Waals surface area contributed by atoms with Crippen LogP contribution in [0.5, 0.6) is 5.75 Å². The van der Waals surface area contributed by atoms with E-state index < -0.39 is 0 Å². The van der Waals surface area contributed by atoms with Gasteiger partial charge in [-0.15, -0.1) is 0 Å². The summed E-state index contributed by atoms with van der Waals surface area (Å²) in [5.41, 5.74) is 2.48. The summed E-state index contributed by atoms with van der Waals surface area (Å²) in [5, 5.41) is 23.6. The number of aryl methyl sites for hydroxylation is 1. The van der Waals surface area contributed by atoms with Crippen LogP contribution in [0.15, 0.2) is 24.9 Å². The van der Waals surface area contributed by atoms with Gasteiger partial charge in [0.25, 0.3) is 0 Å². The van der Waals surface area contributed by atoms with Gasteiger partial charge in [-0.25, -0.2) is 0 Å². The Morgan fingerprint density at radius 2 is 2.22 bits per heavy atom. The first-order valence-corrected chi connectivity index (χ1v) is 7.49. The van der Waals surface area contributed by atoms with Gasteiger partial charge in [-0.2, -0.15) is 10.4 Å². The minimum Gasteiger partial charge on any atom is -0.507 e. The number of phenolic OH excluding ortho intramolecular Hbond substituents is 1. The molecule has 0 saturated heterocycles. The van der Waals surface area contributed by atoms with Crippen molar-refractivity contribution >= 4 is 17.7 Å². The monoisotopic (exact) mass is 325 g/mol. The summed E-state index contributed by atoms with van der Waals surface area (Å²) >= 11 is 6.19. The number of benzene rings is 1. The van der Waals surface area contributed by atoms with E-state index in [1.165, 1.54) is 0 Å². The van der Waals surface area contributed by atoms with Crippen LogP contribution in [0.2, 0.25) is 5.02 Å². The van der Waals surface area contributed by atoms with Gasteiger partial charge in [0, 0.05) is 36.7 Å². The Hall–Kier alpha value is -2.69. The third-order valence-electron chi connectivity index (χ3n) is 3.23. The normalized spacial score (nSPS) is 9.78. The topological polar surface area (TPSA) is 61.8 Å². The first kappa shape index (κ1) is 16.7. The number of nitrogens with zero attached hydrogens (tertiary/aromatic N) is 3. The van der Waals surface area contributed by atoms with Gasteiger partial charge in [0.15, 0.2) is 0 Å². The maximum absolute atomic E-state index is 10.2. The molecule has 5 heteroatoms. The van der Waals surface area contributed by atoms with Crippen molar-refractivity contribution < 1.29 is 5.11 Å². The van der Waals surface area contributed by atoms with E-state index in [2.05, 4.69) is 29.6 Å². The van der Waals surface area contributed by atoms with Crippen molar-refractivity contribution in [3.05, 3.63) is 41.1 Å². The van der Waals surface area contributed by atoms with Gasteiger partial charge < -0.3 is 5.11 Å². The summed E-state index contributed by atoms with van der Waals surface area (Å²) in [6.45, 7) is 3.66. The molecule has 0 spiro atoms. The van der Waals surface area contributed by atoms with Gasteiger partial charge in [-0.05, 0) is 24.1 Å². The van der Waals surface area contributed by atoms with Gasteiger partial charge in [0.2, 0.25) is 0 Å². The number of rotatable bonds is 4. The standard InChI is InChI=1S/C18H16ClN3O/c1-3-13-10-17(23)15(11-16(13)19)18-14(12-22(2)21-18)8-6-4-5-7-9-20/h3,10-12,23H,1,4-5,7H2,2H3. The lowest BCUT2D eigenvalue weighted by Crippen LogP contribution is -1.89. The number of nitriles is 1. The molecule has 0 aliphatic rings. The first-order chi connectivity index (χ1) is 11.1. The fourth-order valence-electron chi connectivity index (χ4n) is 2.12. The molecule has 116 valence electrons. The van der Waals surface area contributed by atoms with Crippen molar-refractivity contribution in [2.45, 2.75) is 19.3 Å². The molecule has 2 aromatic rings. The molecule has 0 aliphatic heterocycles. The van der Waals surface area contributed by atoms with E-state index in [0.29, 0.717) is 40.2 Å². The maximum atomic E-state index is 10.2. The zero-order chi connectivity index (χ0) is 16.8. The van der Waals surface area contributed by atoms with Crippen LogP contribution >= 0.6 is 11.6 Å². The predicted molar refractivity (Wildman–Crippen MR) is 91.8 cm³/mol. The first-order valence-electron chi connectivity index (χ1n) is 7.11. The fourth-order valence-corrected chi connectivity index (χ4v) is 2.36. The minimum atomic E-state index is 0.0792. The van der Waals surface area contributed by atoms with Gasteiger partial charge in [0.05, 0.1) is 11.6 Å². The molecule has 0 atom stereocenters. The second-order valence-electron chi connectivity index (χ2n) is 4.97. The Balaban J connectivity index is 2.39. The molecule has 0 unspecified atom stereocenters. The van der Waals surface area contributed by atoms with Crippen LogP contribution in [0.1, 0.15) is 30.4 Å². The molecule has 2 rings (SSSR count). The highest BCUT2D eigenvalue weighted by atomic mass is 35.5. The molecule has 1 aromatic carbocycles. The molecule has 0 saturated carbocycles. The van der Waals surface area contributed by atoms with Crippen molar-refractivity contribution in [1.29, 1.82) is 5.26 Å². The van der Waals surface area contributed by atoms with Gasteiger partial charge in [0.1, 0.15) is 11.4 Å². The van der Waals surface area contributed by atoms with E-state index in [1.807, 2.05) is 0 Å². The molecule has 0 bridgehead atoms. The number of hydrogen-bond donors (Lipinski definition) is 1. The van der Waals surface area contributed by atoms with E-state index in [4.69, 9.17) is 16.9 Å². The van der Waals surface area contributed by atoms with Crippen LogP contribution in [-0.4, -0.2) is 14.9 Å². The van der Waals surface area contributed by atoms with Crippen LogP contribution in [0.4, 0.5) is 0 Å². The SMILES string of the molecule is C=Cc1cc(O)c(-c2nn(C)cc2C#CCCCC#N)cc1Cl. The zero-order valence-electron chi connectivity index (χ0n) is 12.8. The summed E-state index contributed by atoms with van der Waals surface area (Å²) in [6.07, 6.45) is 5.25. The molecule has 1 aromatic heterocycles. The molecular formula is C18H16ClN3O. The van der Waals surface area contributed by atoms with E-state index in [0.717, 1.165) is 6.42 Å². The van der Waals surface area contributed by atoms with E-state index in [-0.39, 0.29) is 5.75 Å². The molecular weight excluding hydrogens is 310 g/mol. The Bertz CT molecular complexity index is 834. The highest BCUT2D eigenvalue weighted by Gasteiger charge is 2.15. The number of aromatic hydroxyl groups is 1. The highest BCUT2D eigenvalue weighted by molar-refractivity contribution is 6.32. The minimum absolute atomic E-state index is 0.0792. The zero-order valence-corrected chi connectivity index (χ0v) is 13.6. The second kappa shape index (κ2) is 7.54. The smallest absolute Gasteiger partial charge is 0.125 e. The average Bonchev–Trinajstić information content (AvgIpc) is 2.89. The van der Waals surface area contributed by atoms with E-state index >= 15 is 0 Å². The highest BCUT2D eigenvalue weighted by Crippen LogP contribution is 2.35. The van der Waals surface area contributed by atoms with Crippen molar-refractivity contribution in [1.82, 2.24) is 9.78 Å². The summed E-state index contributed by atoms with van der Waals surface area (Å²) in [5.74, 6) is 6.16. The number of unbranched alkanes of at least 4 members (excludes halogenated alkanes) is 2. The summed E-state index contributed by atoms with van der Waals surface area (Å²) in [4.78, 5) is 0. The third kappa shape index (κ3) is 3.94. The summed E-state index contributed by atoms with van der Waals surface area (Å²) in [7, 11) is 1.79. The number of aromatic nitrogens is 2. The maximum Gasteiger partial charge on any atom is 0.125 e. The summed E-state index contributed by atoms with van der Waals surface area (Å²) in [6, 6.07) is 5.31. The van der Waals surface area contributed by atoms with Crippen molar-refractivity contribution in [3.8, 4) is 34.9 Å². The Morgan fingerprint density at radius 3 is 2.91 bits per heavy atom. The molecule has 0 aliphatic carbocycles. The number of halogens is 1. The third-order valence-corrected chi connectivity index (χ3v) is 3.56. The van der Waals surface area contributed by atoms with Crippen LogP contribution < -0.4 is 0 Å². The second-order valence-corrected chi connectivity index (χ2v) is 5.38. The van der Waals surface area contributed by atoms with Gasteiger partial charge in [-0.3, -0.25) is 4.68 Å². The summed E-state index contributed by atoms with van der Waals surface area (Å²) < 4.78 is 1.64. The molecule has 23 heavy (non-hydrogen) atoms. The molecule has 1 N–H and O–H groups in total. The van der Waals surface area contributed by atoms with Crippen LogP contribution in [0.25, 0.3) is 17.3 Å². The molecule has 1 heterocycles. The molecule has 4 nitrogen and oxygen atoms in total. The van der Waals surface area contributed by atoms with E-state index in [9.17, 15) is 5.11 Å². The Labute approximate surface area is 140 Å². The van der Waals surface area contributed by atoms with Gasteiger partial charge >= 0.3 is 0 Å². The van der Waals surface area contributed by atoms with E-state index in [1.54, 1.807) is 36.1 Å². The van der Waals surface area contributed by atoms with Crippen LogP contribution in [0.3, 0.4) is 0 Å². The van der Waals surface area contributed by atoms with Crippen molar-refractivity contribution in [2.75, 3.05) is 0 Å². The van der Waals surface area contributed by atoms with Crippen LogP contribution in [-0.2, 0) is 7.05 Å². The van der Waals surface area contributed by atoms with Crippen molar-refractivity contribution in [2.24, 2.45) is 7.05 Å². The quantitative estimate of drug-likeness (QED) is 0.679. The number of phenols is 1. The number of hydrogen-bond acceptors (Lipinski definition) is 3. The van der Waals surface area contributed by atoms with Crippen LogP contribution in [0, 0.1) is 23.2 Å². The Morgan fingerprint density at radius 1 is 1.43 bits per heavy atom. The molecule has 0 radical (unpaired) electrons. The molecule has 0 amide bonds. The molecule has 0 fully saturated rings. The fraction of sp³-hybridized carbons (Fsp3) is 0.222. The average molecular weight is 326 g/mol.